The van der Waals surface area contributed by atoms with Crippen molar-refractivity contribution in [1.29, 1.82) is 0 Å². The molecule has 0 saturated heterocycles. The van der Waals surface area contributed by atoms with Gasteiger partial charge >= 0.3 is 0 Å². The maximum absolute atomic E-state index is 5.37. The van der Waals surface area contributed by atoms with Gasteiger partial charge in [0, 0.05) is 36.9 Å². The summed E-state index contributed by atoms with van der Waals surface area (Å²) in [5.41, 5.74) is 14.6. The molecule has 0 amide bonds. The average Bonchev–Trinajstić information content (AvgIpc) is 3.88. The van der Waals surface area contributed by atoms with E-state index in [4.69, 9.17) is 15.0 Å². The Kier molecular flexibility index (Phi) is 8.58. The molecule has 0 unspecified atom stereocenters. The Morgan fingerprint density at radius 1 is 0.306 bits per heavy atom. The zero-order chi connectivity index (χ0) is 41.0. The van der Waals surface area contributed by atoms with Crippen LogP contribution >= 0.6 is 11.3 Å². The van der Waals surface area contributed by atoms with Gasteiger partial charge in [-0.1, -0.05) is 194 Å². The van der Waals surface area contributed by atoms with Crippen LogP contribution in [0.5, 0.6) is 0 Å². The third kappa shape index (κ3) is 5.83. The number of fused-ring (bicyclic) bond motifs is 6. The third-order valence-corrected chi connectivity index (χ3v) is 13.5. The molecule has 290 valence electrons. The van der Waals surface area contributed by atoms with Gasteiger partial charge in [-0.3, -0.25) is 0 Å². The minimum Gasteiger partial charge on any atom is -0.208 e. The zero-order valence-corrected chi connectivity index (χ0v) is 34.4. The first-order valence-corrected chi connectivity index (χ1v) is 21.8. The predicted molar refractivity (Wildman–Crippen MR) is 257 cm³/mol. The van der Waals surface area contributed by atoms with Crippen LogP contribution in [0.1, 0.15) is 22.3 Å². The number of nitrogens with zero attached hydrogens (tertiary/aromatic N) is 3. The topological polar surface area (TPSA) is 38.7 Å². The van der Waals surface area contributed by atoms with Gasteiger partial charge in [0.1, 0.15) is 0 Å². The van der Waals surface area contributed by atoms with Crippen LogP contribution in [-0.2, 0) is 5.41 Å². The third-order valence-electron chi connectivity index (χ3n) is 12.4. The first kappa shape index (κ1) is 36.1. The van der Waals surface area contributed by atoms with Crippen molar-refractivity contribution in [2.24, 2.45) is 0 Å². The second-order valence-electron chi connectivity index (χ2n) is 15.9. The summed E-state index contributed by atoms with van der Waals surface area (Å²) in [6.45, 7) is 0. The van der Waals surface area contributed by atoms with E-state index in [-0.39, 0.29) is 0 Å². The van der Waals surface area contributed by atoms with Crippen LogP contribution in [0.15, 0.2) is 224 Å². The summed E-state index contributed by atoms with van der Waals surface area (Å²) >= 11 is 1.83. The zero-order valence-electron chi connectivity index (χ0n) is 33.6. The van der Waals surface area contributed by atoms with Gasteiger partial charge in [0.05, 0.1) is 5.41 Å². The molecule has 2 aromatic heterocycles. The highest BCUT2D eigenvalue weighted by atomic mass is 32.1. The molecule has 0 atom stereocenters. The van der Waals surface area contributed by atoms with Crippen LogP contribution in [0, 0.1) is 0 Å². The first-order chi connectivity index (χ1) is 30.7. The number of hydrogen-bond donors (Lipinski definition) is 0. The minimum absolute atomic E-state index is 0.470. The maximum atomic E-state index is 5.37. The molecule has 0 N–H and O–H groups in total. The van der Waals surface area contributed by atoms with Crippen molar-refractivity contribution < 1.29 is 0 Å². The average molecular weight is 808 g/mol. The first-order valence-electron chi connectivity index (χ1n) is 21.0. The van der Waals surface area contributed by atoms with Crippen molar-refractivity contribution in [2.75, 3.05) is 0 Å². The van der Waals surface area contributed by atoms with Gasteiger partial charge in [-0.2, -0.15) is 0 Å². The second-order valence-corrected chi connectivity index (χ2v) is 17.0. The molecule has 1 aliphatic carbocycles. The van der Waals surface area contributed by atoms with E-state index in [1.54, 1.807) is 0 Å². The van der Waals surface area contributed by atoms with Crippen molar-refractivity contribution in [3.8, 4) is 67.5 Å². The summed E-state index contributed by atoms with van der Waals surface area (Å²) in [4.78, 5) is 15.8. The van der Waals surface area contributed by atoms with Crippen LogP contribution in [-0.4, -0.2) is 15.0 Å². The maximum Gasteiger partial charge on any atom is 0.164 e. The summed E-state index contributed by atoms with van der Waals surface area (Å²) in [7, 11) is 0. The molecule has 0 fully saturated rings. The van der Waals surface area contributed by atoms with Crippen molar-refractivity contribution in [3.63, 3.8) is 0 Å². The smallest absolute Gasteiger partial charge is 0.164 e. The van der Waals surface area contributed by atoms with Crippen molar-refractivity contribution in [3.05, 3.63) is 247 Å². The summed E-state index contributed by atoms with van der Waals surface area (Å²) in [6, 6.07) is 80.5. The van der Waals surface area contributed by atoms with Crippen LogP contribution in [0.25, 0.3) is 87.7 Å². The molecule has 0 radical (unpaired) electrons. The quantitative estimate of drug-likeness (QED) is 0.161. The molecule has 1 aliphatic rings. The van der Waals surface area contributed by atoms with Gasteiger partial charge in [-0.25, -0.2) is 15.0 Å². The van der Waals surface area contributed by atoms with E-state index in [2.05, 4.69) is 206 Å². The highest BCUT2D eigenvalue weighted by Crippen LogP contribution is 2.56. The Morgan fingerprint density at radius 2 is 0.790 bits per heavy atom. The van der Waals surface area contributed by atoms with Crippen LogP contribution in [0.4, 0.5) is 0 Å². The number of benzene rings is 9. The normalized spacial score (nSPS) is 12.6. The molecule has 0 saturated carbocycles. The molecule has 0 bridgehead atoms. The molecule has 4 heteroatoms. The molecule has 62 heavy (non-hydrogen) atoms. The van der Waals surface area contributed by atoms with E-state index in [1.807, 2.05) is 29.5 Å². The van der Waals surface area contributed by atoms with Gasteiger partial charge in [0.25, 0.3) is 0 Å². The molecule has 12 rings (SSSR count). The molecule has 2 heterocycles. The Hall–Kier alpha value is -7.79. The molecule has 0 spiro atoms. The van der Waals surface area contributed by atoms with E-state index in [0.717, 1.165) is 44.3 Å². The van der Waals surface area contributed by atoms with Gasteiger partial charge in [0.15, 0.2) is 17.5 Å². The molecule has 11 aromatic rings. The lowest BCUT2D eigenvalue weighted by molar-refractivity contribution is 0.770. The van der Waals surface area contributed by atoms with Crippen molar-refractivity contribution in [1.82, 2.24) is 15.0 Å². The van der Waals surface area contributed by atoms with E-state index < -0.39 is 5.41 Å². The lowest BCUT2D eigenvalue weighted by Crippen LogP contribution is -2.28. The summed E-state index contributed by atoms with van der Waals surface area (Å²) < 4.78 is 2.42. The minimum atomic E-state index is -0.470. The van der Waals surface area contributed by atoms with Gasteiger partial charge in [0.2, 0.25) is 0 Å². The van der Waals surface area contributed by atoms with Crippen molar-refractivity contribution >= 4 is 31.5 Å². The fraction of sp³-hybridized carbons (Fsp3) is 0.0172. The van der Waals surface area contributed by atoms with Crippen LogP contribution in [0.3, 0.4) is 0 Å². The lowest BCUT2D eigenvalue weighted by Gasteiger charge is -2.33. The fourth-order valence-corrected chi connectivity index (χ4v) is 10.8. The van der Waals surface area contributed by atoms with E-state index in [1.165, 1.54) is 48.2 Å². The fourth-order valence-electron chi connectivity index (χ4n) is 9.65. The van der Waals surface area contributed by atoms with Crippen LogP contribution in [0.2, 0.25) is 0 Å². The Balaban J connectivity index is 1.07. The standard InChI is InChI=1S/C58H37N3S/c1-5-18-38(19-6-1)41-34-42(39-20-7-2-8-21-39)36-43(35-41)56-59-55(40-22-9-3-10-23-40)60-57(61-56)49-28-17-31-52-54(49)48-33-32-45(37-53(48)62-52)58(44-24-11-4-12-25-44)50-29-15-13-26-46(50)47-27-14-16-30-51(47)58/h1-37H. The van der Waals surface area contributed by atoms with Gasteiger partial charge < -0.3 is 0 Å². The predicted octanol–water partition coefficient (Wildman–Crippen LogP) is 14.9. The van der Waals surface area contributed by atoms with Gasteiger partial charge in [-0.15, -0.1) is 11.3 Å². The molecule has 0 aliphatic heterocycles. The number of hydrogen-bond acceptors (Lipinski definition) is 4. The van der Waals surface area contributed by atoms with E-state index >= 15 is 0 Å². The summed E-state index contributed by atoms with van der Waals surface area (Å²) in [6.07, 6.45) is 0. The van der Waals surface area contributed by atoms with Crippen molar-refractivity contribution in [2.45, 2.75) is 5.41 Å². The molecule has 3 nitrogen and oxygen atoms in total. The Labute approximate surface area is 364 Å². The highest BCUT2D eigenvalue weighted by molar-refractivity contribution is 7.26. The number of aromatic nitrogens is 3. The molecular formula is C58H37N3S. The van der Waals surface area contributed by atoms with Crippen LogP contribution < -0.4 is 0 Å². The Morgan fingerprint density at radius 3 is 1.40 bits per heavy atom. The highest BCUT2D eigenvalue weighted by Gasteiger charge is 2.46. The second kappa shape index (κ2) is 14.7. The number of thiophene rings is 1. The van der Waals surface area contributed by atoms with Gasteiger partial charge in [-0.05, 0) is 86.0 Å². The molecular weight excluding hydrogens is 771 g/mol. The largest absolute Gasteiger partial charge is 0.208 e. The Bertz CT molecular complexity index is 3350. The summed E-state index contributed by atoms with van der Waals surface area (Å²) in [5.74, 6) is 1.92. The number of rotatable bonds is 7. The summed E-state index contributed by atoms with van der Waals surface area (Å²) in [5, 5.41) is 2.34. The van der Waals surface area contributed by atoms with E-state index in [0.29, 0.717) is 17.5 Å². The lowest BCUT2D eigenvalue weighted by atomic mass is 9.67. The molecule has 9 aromatic carbocycles. The monoisotopic (exact) mass is 807 g/mol. The SMILES string of the molecule is c1ccc(-c2cc(-c3ccccc3)cc(-c3nc(-c4ccccc4)nc(-c4cccc5sc6cc(C7(c8ccccc8)c8ccccc8-c8ccccc87)ccc6c45)n3)c2)cc1. The van der Waals surface area contributed by atoms with E-state index in [9.17, 15) is 0 Å².